The smallest absolute Gasteiger partial charge is 0.334 e. The molecule has 1 aromatic carbocycles. The molecule has 0 atom stereocenters. The van der Waals surface area contributed by atoms with Crippen LogP contribution in [-0.2, 0) is 26.7 Å². The fourth-order valence-electron chi connectivity index (χ4n) is 2.56. The lowest BCUT2D eigenvalue weighted by Crippen LogP contribution is -2.14. The highest BCUT2D eigenvalue weighted by Crippen LogP contribution is 2.40. The van der Waals surface area contributed by atoms with Gasteiger partial charge in [0, 0.05) is 24.2 Å². The summed E-state index contributed by atoms with van der Waals surface area (Å²) in [6, 6.07) is 6.16. The summed E-state index contributed by atoms with van der Waals surface area (Å²) in [7, 11) is 4.53. The van der Waals surface area contributed by atoms with Gasteiger partial charge in [-0.15, -0.1) is 0 Å². The molecule has 0 amide bonds. The summed E-state index contributed by atoms with van der Waals surface area (Å²) < 4.78 is 24.4. The molecule has 6 nitrogen and oxygen atoms in total. The lowest BCUT2D eigenvalue weighted by atomic mass is 10.1. The Bertz CT molecular complexity index is 654. The number of aromatic nitrogens is 1. The number of benzene rings is 1. The second-order valence-corrected chi connectivity index (χ2v) is 7.10. The first-order valence-corrected chi connectivity index (χ1v) is 9.67. The van der Waals surface area contributed by atoms with Gasteiger partial charge in [0.2, 0.25) is 0 Å². The maximum atomic E-state index is 5.86. The third kappa shape index (κ3) is 5.66. The van der Waals surface area contributed by atoms with E-state index in [2.05, 4.69) is 35.8 Å². The van der Waals surface area contributed by atoms with E-state index in [9.17, 15) is 0 Å². The molecule has 140 valence electrons. The number of likely N-dealkylation sites (N-methyl/N-ethyl adjacent to an activating group) is 1. The predicted octanol–water partition coefficient (Wildman–Crippen LogP) is 4.03. The number of fused-ring (bicyclic) bond motifs is 1. The predicted molar refractivity (Wildman–Crippen MR) is 102 cm³/mol. The molecule has 0 fully saturated rings. The molecule has 0 radical (unpaired) electrons. The van der Waals surface area contributed by atoms with Crippen LogP contribution < -0.4 is 4.74 Å². The van der Waals surface area contributed by atoms with Gasteiger partial charge in [-0.3, -0.25) is 4.52 Å². The highest BCUT2D eigenvalue weighted by Gasteiger charge is 2.14. The summed E-state index contributed by atoms with van der Waals surface area (Å²) in [5.41, 5.74) is 2.39. The van der Waals surface area contributed by atoms with Crippen LogP contribution in [0.4, 0.5) is 0 Å². The Morgan fingerprint density at radius 3 is 2.40 bits per heavy atom. The van der Waals surface area contributed by atoms with Gasteiger partial charge in [0.25, 0.3) is 0 Å². The van der Waals surface area contributed by atoms with Crippen molar-refractivity contribution in [3.8, 4) is 5.75 Å². The lowest BCUT2D eigenvalue weighted by molar-refractivity contribution is 0.141. The van der Waals surface area contributed by atoms with E-state index in [0.717, 1.165) is 24.2 Å². The molecule has 0 aliphatic rings. The van der Waals surface area contributed by atoms with E-state index in [1.807, 2.05) is 26.0 Å². The number of ether oxygens (including phenoxy) is 1. The van der Waals surface area contributed by atoms with Crippen molar-refractivity contribution in [1.82, 2.24) is 9.47 Å². The Labute approximate surface area is 151 Å². The minimum atomic E-state index is -1.32. The van der Waals surface area contributed by atoms with Gasteiger partial charge in [-0.05, 0) is 52.1 Å². The molecule has 25 heavy (non-hydrogen) atoms. The van der Waals surface area contributed by atoms with Crippen LogP contribution in [0.25, 0.3) is 10.9 Å². The van der Waals surface area contributed by atoms with Crippen LogP contribution in [-0.4, -0.2) is 50.4 Å². The second kappa shape index (κ2) is 10.1. The highest BCUT2D eigenvalue weighted by molar-refractivity contribution is 7.41. The van der Waals surface area contributed by atoms with Crippen molar-refractivity contribution < 1.29 is 18.3 Å². The van der Waals surface area contributed by atoms with E-state index in [4.69, 9.17) is 18.3 Å². The first-order valence-electron chi connectivity index (χ1n) is 8.58. The van der Waals surface area contributed by atoms with E-state index < -0.39 is 8.60 Å². The number of methoxy groups -OCH3 is 1. The largest absolute Gasteiger partial charge is 0.497 e. The van der Waals surface area contributed by atoms with Gasteiger partial charge in [0.1, 0.15) is 12.5 Å². The maximum absolute atomic E-state index is 5.86. The van der Waals surface area contributed by atoms with Crippen LogP contribution >= 0.6 is 8.60 Å². The Hall–Kier alpha value is -1.17. The first-order chi connectivity index (χ1) is 12.1. The molecule has 2 rings (SSSR count). The Kier molecular flexibility index (Phi) is 8.13. The van der Waals surface area contributed by atoms with E-state index >= 15 is 0 Å². The Morgan fingerprint density at radius 1 is 1.08 bits per heavy atom. The molecule has 0 unspecified atom stereocenters. The fourth-order valence-corrected chi connectivity index (χ4v) is 3.42. The average molecular weight is 368 g/mol. The summed E-state index contributed by atoms with van der Waals surface area (Å²) in [6.45, 7) is 6.40. The molecule has 7 heteroatoms. The molecule has 0 saturated carbocycles. The Balaban J connectivity index is 2.23. The highest BCUT2D eigenvalue weighted by atomic mass is 31.2. The van der Waals surface area contributed by atoms with Crippen LogP contribution in [0.15, 0.2) is 24.4 Å². The monoisotopic (exact) mass is 368 g/mol. The van der Waals surface area contributed by atoms with Crippen LogP contribution in [0.3, 0.4) is 0 Å². The van der Waals surface area contributed by atoms with Crippen LogP contribution in [0.2, 0.25) is 0 Å². The zero-order valence-electron chi connectivity index (χ0n) is 15.8. The molecule has 1 aromatic heterocycles. The number of hydrogen-bond donors (Lipinski definition) is 0. The molecule has 0 aliphatic heterocycles. The van der Waals surface area contributed by atoms with Gasteiger partial charge in [-0.25, -0.2) is 0 Å². The molecule has 0 aliphatic carbocycles. The van der Waals surface area contributed by atoms with Gasteiger partial charge in [-0.1, -0.05) is 0 Å². The molecule has 0 saturated heterocycles. The van der Waals surface area contributed by atoms with Gasteiger partial charge in [0.05, 0.1) is 25.8 Å². The topological polar surface area (TPSA) is 45.1 Å². The zero-order chi connectivity index (χ0) is 18.2. The minimum Gasteiger partial charge on any atom is -0.497 e. The maximum Gasteiger partial charge on any atom is 0.334 e. The molecular formula is C18H29N2O4P. The number of nitrogens with zero attached hydrogens (tertiary/aromatic N) is 2. The van der Waals surface area contributed by atoms with Crippen molar-refractivity contribution in [3.63, 3.8) is 0 Å². The van der Waals surface area contributed by atoms with Crippen molar-refractivity contribution in [3.05, 3.63) is 30.0 Å². The molecule has 0 N–H and O–H groups in total. The second-order valence-electron chi connectivity index (χ2n) is 5.88. The number of hydrogen-bond acceptors (Lipinski definition) is 5. The third-order valence-corrected chi connectivity index (χ3v) is 5.04. The summed E-state index contributed by atoms with van der Waals surface area (Å²) in [5.74, 6) is 0.836. The van der Waals surface area contributed by atoms with Crippen molar-refractivity contribution in [1.29, 1.82) is 0 Å². The SMILES string of the molecule is CCOP(OCC)OCn1cc(CCN(C)C)c2ccc(OC)cc21. The van der Waals surface area contributed by atoms with E-state index in [0.29, 0.717) is 19.9 Å². The van der Waals surface area contributed by atoms with E-state index in [1.54, 1.807) is 7.11 Å². The van der Waals surface area contributed by atoms with Crippen molar-refractivity contribution in [2.75, 3.05) is 41.0 Å². The van der Waals surface area contributed by atoms with Crippen LogP contribution in [0.1, 0.15) is 19.4 Å². The molecule has 1 heterocycles. The molecule has 0 spiro atoms. The van der Waals surface area contributed by atoms with Crippen molar-refractivity contribution >= 4 is 19.5 Å². The quantitative estimate of drug-likeness (QED) is 0.561. The summed E-state index contributed by atoms with van der Waals surface area (Å²) in [6.07, 6.45) is 3.13. The Morgan fingerprint density at radius 2 is 1.80 bits per heavy atom. The number of rotatable bonds is 11. The molecule has 0 bridgehead atoms. The third-order valence-electron chi connectivity index (χ3n) is 3.77. The molecular weight excluding hydrogens is 339 g/mol. The minimum absolute atomic E-state index is 0.386. The van der Waals surface area contributed by atoms with E-state index in [1.165, 1.54) is 10.9 Å². The summed E-state index contributed by atoms with van der Waals surface area (Å²) in [5, 5.41) is 1.23. The van der Waals surface area contributed by atoms with Gasteiger partial charge in [-0.2, -0.15) is 0 Å². The summed E-state index contributed by atoms with van der Waals surface area (Å²) >= 11 is 0. The first kappa shape index (κ1) is 20.1. The van der Waals surface area contributed by atoms with Gasteiger partial charge < -0.3 is 23.3 Å². The summed E-state index contributed by atoms with van der Waals surface area (Å²) in [4.78, 5) is 2.19. The standard InChI is InChI=1S/C18H29N2O4P/c1-6-22-25(23-7-2)24-14-20-13-15(10-11-19(3)4)17-9-8-16(21-5)12-18(17)20/h8-9,12-13H,6-7,10-11,14H2,1-5H3. The van der Waals surface area contributed by atoms with Gasteiger partial charge >= 0.3 is 8.60 Å². The zero-order valence-corrected chi connectivity index (χ0v) is 16.7. The van der Waals surface area contributed by atoms with Crippen LogP contribution in [0, 0.1) is 0 Å². The average Bonchev–Trinajstić information content (AvgIpc) is 2.95. The van der Waals surface area contributed by atoms with Crippen molar-refractivity contribution in [2.45, 2.75) is 27.0 Å². The van der Waals surface area contributed by atoms with Crippen molar-refractivity contribution in [2.24, 2.45) is 0 Å². The fraction of sp³-hybridized carbons (Fsp3) is 0.556. The van der Waals surface area contributed by atoms with Gasteiger partial charge in [0.15, 0.2) is 0 Å². The lowest BCUT2D eigenvalue weighted by Gasteiger charge is -2.15. The van der Waals surface area contributed by atoms with Crippen LogP contribution in [0.5, 0.6) is 5.75 Å². The normalized spacial score (nSPS) is 11.8. The molecule has 2 aromatic rings. The van der Waals surface area contributed by atoms with E-state index in [-0.39, 0.29) is 0 Å².